The van der Waals surface area contributed by atoms with Crippen LogP contribution in [0.1, 0.15) is 16.1 Å². The number of anilines is 1. The maximum Gasteiger partial charge on any atom is 0.272 e. The number of benzene rings is 3. The Balaban J connectivity index is 1.53. The van der Waals surface area contributed by atoms with Gasteiger partial charge in [0.25, 0.3) is 5.91 Å². The van der Waals surface area contributed by atoms with Crippen molar-refractivity contribution in [1.82, 2.24) is 15.1 Å². The van der Waals surface area contributed by atoms with Crippen molar-refractivity contribution in [3.05, 3.63) is 95.1 Å². The Morgan fingerprint density at radius 2 is 1.74 bits per heavy atom. The quantitative estimate of drug-likeness (QED) is 0.400. The first kappa shape index (κ1) is 23.1. The van der Waals surface area contributed by atoms with E-state index in [9.17, 15) is 9.59 Å². The number of carbonyl (C=O) groups excluding carboxylic acids is 2. The Morgan fingerprint density at radius 3 is 2.41 bits per heavy atom. The monoisotopic (exact) mass is 474 g/mol. The molecular formula is C26H23ClN4O3. The summed E-state index contributed by atoms with van der Waals surface area (Å²) in [5.74, 6) is -0.126. The molecule has 0 aliphatic rings. The van der Waals surface area contributed by atoms with Crippen LogP contribution in [0, 0.1) is 6.92 Å². The number of hydrogen-bond donors (Lipinski definition) is 2. The number of halogens is 1. The van der Waals surface area contributed by atoms with E-state index in [0.717, 1.165) is 28.3 Å². The van der Waals surface area contributed by atoms with Crippen LogP contribution in [0.3, 0.4) is 0 Å². The van der Waals surface area contributed by atoms with E-state index in [1.54, 1.807) is 30.0 Å². The number of amides is 2. The van der Waals surface area contributed by atoms with Crippen molar-refractivity contribution in [3.8, 4) is 22.7 Å². The average Bonchev–Trinajstić information content (AvgIpc) is 3.30. The Hall–Kier alpha value is -4.10. The number of ether oxygens (including phenoxy) is 1. The molecule has 3 aromatic carbocycles. The number of carbonyl (C=O) groups is 2. The molecule has 0 fully saturated rings. The number of nitrogens with zero attached hydrogens (tertiary/aromatic N) is 2. The highest BCUT2D eigenvalue weighted by molar-refractivity contribution is 6.33. The number of rotatable bonds is 7. The highest BCUT2D eigenvalue weighted by Gasteiger charge is 2.18. The SMILES string of the molecule is COc1ccc(-c2cc(C(=O)NCC(=O)Nc3ccc(C)cc3Cl)nn2-c2ccccc2)cc1. The van der Waals surface area contributed by atoms with Crippen molar-refractivity contribution >= 4 is 29.1 Å². The lowest BCUT2D eigenvalue weighted by Crippen LogP contribution is -2.33. The van der Waals surface area contributed by atoms with Gasteiger partial charge >= 0.3 is 0 Å². The zero-order valence-corrected chi connectivity index (χ0v) is 19.5. The van der Waals surface area contributed by atoms with E-state index >= 15 is 0 Å². The molecule has 0 spiro atoms. The largest absolute Gasteiger partial charge is 0.497 e. The summed E-state index contributed by atoms with van der Waals surface area (Å²) in [4.78, 5) is 25.2. The van der Waals surface area contributed by atoms with Crippen molar-refractivity contribution in [2.45, 2.75) is 6.92 Å². The van der Waals surface area contributed by atoms with Crippen LogP contribution in [-0.2, 0) is 4.79 Å². The van der Waals surface area contributed by atoms with Gasteiger partial charge in [-0.05, 0) is 67.1 Å². The van der Waals surface area contributed by atoms with Gasteiger partial charge in [0.05, 0.1) is 35.7 Å². The van der Waals surface area contributed by atoms with Crippen LogP contribution in [0.2, 0.25) is 5.02 Å². The summed E-state index contributed by atoms with van der Waals surface area (Å²) in [7, 11) is 1.61. The number of methoxy groups -OCH3 is 1. The number of aryl methyl sites for hydroxylation is 1. The van der Waals surface area contributed by atoms with Crippen molar-refractivity contribution in [2.75, 3.05) is 19.0 Å². The summed E-state index contributed by atoms with van der Waals surface area (Å²) in [6.45, 7) is 1.69. The van der Waals surface area contributed by atoms with Crippen molar-refractivity contribution in [3.63, 3.8) is 0 Å². The van der Waals surface area contributed by atoms with Gasteiger partial charge < -0.3 is 15.4 Å². The first-order chi connectivity index (χ1) is 16.4. The lowest BCUT2D eigenvalue weighted by molar-refractivity contribution is -0.115. The van der Waals surface area contributed by atoms with E-state index in [2.05, 4.69) is 15.7 Å². The normalized spacial score (nSPS) is 10.6. The van der Waals surface area contributed by atoms with Gasteiger partial charge in [-0.3, -0.25) is 9.59 Å². The predicted molar refractivity (Wildman–Crippen MR) is 133 cm³/mol. The van der Waals surface area contributed by atoms with E-state index in [0.29, 0.717) is 10.7 Å². The molecule has 0 unspecified atom stereocenters. The minimum absolute atomic E-state index is 0.191. The Kier molecular flexibility index (Phi) is 6.94. The standard InChI is InChI=1S/C26H23ClN4O3/c1-17-8-13-22(21(27)14-17)29-25(32)16-28-26(33)23-15-24(18-9-11-20(34-2)12-10-18)31(30-23)19-6-4-3-5-7-19/h3-15H,16H2,1-2H3,(H,28,33)(H,29,32). The minimum atomic E-state index is -0.463. The van der Waals surface area contributed by atoms with Crippen LogP contribution in [-0.4, -0.2) is 35.2 Å². The van der Waals surface area contributed by atoms with Gasteiger partial charge in [0, 0.05) is 5.56 Å². The van der Waals surface area contributed by atoms with Crippen molar-refractivity contribution in [1.29, 1.82) is 0 Å². The lowest BCUT2D eigenvalue weighted by Gasteiger charge is -2.08. The van der Waals surface area contributed by atoms with Crippen LogP contribution in [0.25, 0.3) is 16.9 Å². The molecule has 0 radical (unpaired) electrons. The zero-order chi connectivity index (χ0) is 24.1. The molecule has 4 rings (SSSR count). The summed E-state index contributed by atoms with van der Waals surface area (Å²) < 4.78 is 6.94. The summed E-state index contributed by atoms with van der Waals surface area (Å²) in [6, 6.07) is 24.0. The predicted octanol–water partition coefficient (Wildman–Crippen LogP) is 4.88. The van der Waals surface area contributed by atoms with Gasteiger partial charge in [-0.25, -0.2) is 4.68 Å². The fraction of sp³-hybridized carbons (Fsp3) is 0.115. The van der Waals surface area contributed by atoms with E-state index in [-0.39, 0.29) is 12.2 Å². The maximum atomic E-state index is 12.8. The van der Waals surface area contributed by atoms with E-state index < -0.39 is 11.8 Å². The molecule has 34 heavy (non-hydrogen) atoms. The summed E-state index contributed by atoms with van der Waals surface area (Å²) >= 11 is 6.17. The third-order valence-electron chi connectivity index (χ3n) is 5.14. The molecule has 1 aromatic heterocycles. The Labute approximate surface area is 202 Å². The molecule has 0 saturated carbocycles. The summed E-state index contributed by atoms with van der Waals surface area (Å²) in [5.41, 5.74) is 4.06. The number of para-hydroxylation sites is 1. The minimum Gasteiger partial charge on any atom is -0.497 e. The molecule has 4 aromatic rings. The molecule has 172 valence electrons. The number of nitrogens with one attached hydrogen (secondary N) is 2. The molecule has 2 amide bonds. The van der Waals surface area contributed by atoms with Gasteiger partial charge in [0.2, 0.25) is 5.91 Å². The first-order valence-electron chi connectivity index (χ1n) is 10.6. The number of hydrogen-bond acceptors (Lipinski definition) is 4. The topological polar surface area (TPSA) is 85.2 Å². The van der Waals surface area contributed by atoms with Gasteiger partial charge in [-0.15, -0.1) is 0 Å². The molecule has 0 bridgehead atoms. The lowest BCUT2D eigenvalue weighted by atomic mass is 10.1. The van der Waals surface area contributed by atoms with E-state index in [4.69, 9.17) is 16.3 Å². The molecule has 7 nitrogen and oxygen atoms in total. The smallest absolute Gasteiger partial charge is 0.272 e. The first-order valence-corrected chi connectivity index (χ1v) is 11.0. The van der Waals surface area contributed by atoms with Gasteiger partial charge in [-0.2, -0.15) is 5.10 Å². The molecule has 1 heterocycles. The van der Waals surface area contributed by atoms with E-state index in [1.165, 1.54) is 0 Å². The fourth-order valence-electron chi connectivity index (χ4n) is 3.39. The molecule has 8 heteroatoms. The molecule has 0 aliphatic heterocycles. The molecular weight excluding hydrogens is 452 g/mol. The van der Waals surface area contributed by atoms with Crippen LogP contribution < -0.4 is 15.4 Å². The molecule has 2 N–H and O–H groups in total. The summed E-state index contributed by atoms with van der Waals surface area (Å²) in [6.07, 6.45) is 0. The summed E-state index contributed by atoms with van der Waals surface area (Å²) in [5, 5.41) is 10.3. The van der Waals surface area contributed by atoms with Gasteiger partial charge in [0.1, 0.15) is 5.75 Å². The highest BCUT2D eigenvalue weighted by atomic mass is 35.5. The third-order valence-corrected chi connectivity index (χ3v) is 5.45. The van der Waals surface area contributed by atoms with Crippen molar-refractivity contribution < 1.29 is 14.3 Å². The Morgan fingerprint density at radius 1 is 1.00 bits per heavy atom. The van der Waals surface area contributed by atoms with E-state index in [1.807, 2.05) is 67.6 Å². The van der Waals surface area contributed by atoms with Crippen LogP contribution in [0.4, 0.5) is 5.69 Å². The molecule has 0 saturated heterocycles. The molecule has 0 aliphatic carbocycles. The van der Waals surface area contributed by atoms with Crippen LogP contribution in [0.5, 0.6) is 5.75 Å². The fourth-order valence-corrected chi connectivity index (χ4v) is 3.67. The molecule has 0 atom stereocenters. The van der Waals surface area contributed by atoms with Gasteiger partial charge in [0.15, 0.2) is 5.69 Å². The second-order valence-corrected chi connectivity index (χ2v) is 8.01. The second-order valence-electron chi connectivity index (χ2n) is 7.60. The van der Waals surface area contributed by atoms with Gasteiger partial charge in [-0.1, -0.05) is 35.9 Å². The Bertz CT molecular complexity index is 1320. The van der Waals surface area contributed by atoms with Crippen LogP contribution in [0.15, 0.2) is 78.9 Å². The van der Waals surface area contributed by atoms with Crippen LogP contribution >= 0.6 is 11.6 Å². The van der Waals surface area contributed by atoms with Crippen molar-refractivity contribution in [2.24, 2.45) is 0 Å². The highest BCUT2D eigenvalue weighted by Crippen LogP contribution is 2.26. The maximum absolute atomic E-state index is 12.8. The number of aromatic nitrogens is 2. The third kappa shape index (κ3) is 5.27. The zero-order valence-electron chi connectivity index (χ0n) is 18.7. The average molecular weight is 475 g/mol. The second kappa shape index (κ2) is 10.2.